The van der Waals surface area contributed by atoms with Crippen LogP contribution in [-0.4, -0.2) is 0 Å². The van der Waals surface area contributed by atoms with Crippen molar-refractivity contribution >= 4 is 22.4 Å². The first-order chi connectivity index (χ1) is 11.8. The largest absolute Gasteiger partial charge is 0.471 e. The molecule has 0 saturated carbocycles. The van der Waals surface area contributed by atoms with Crippen molar-refractivity contribution in [2.45, 2.75) is 32.0 Å². The van der Waals surface area contributed by atoms with Crippen LogP contribution in [0, 0.1) is 0 Å². The van der Waals surface area contributed by atoms with Crippen molar-refractivity contribution in [2.75, 3.05) is 0 Å². The first-order valence-electron chi connectivity index (χ1n) is 8.46. The summed E-state index contributed by atoms with van der Waals surface area (Å²) < 4.78 is 6.29. The number of fused-ring (bicyclic) bond motifs is 3. The molecular weight excluding hydrogens is 318 g/mol. The van der Waals surface area contributed by atoms with Crippen molar-refractivity contribution in [3.05, 3.63) is 76.8 Å². The number of hydrogen-bond acceptors (Lipinski definition) is 2. The Morgan fingerprint density at radius 2 is 1.92 bits per heavy atom. The summed E-state index contributed by atoms with van der Waals surface area (Å²) in [6.07, 6.45) is 2.01. The molecule has 0 aliphatic carbocycles. The Morgan fingerprint density at radius 1 is 1.04 bits per heavy atom. The molecule has 1 aliphatic rings. The minimum absolute atomic E-state index is 0.172. The first-order valence-corrected chi connectivity index (χ1v) is 8.84. The van der Waals surface area contributed by atoms with Crippen LogP contribution in [0.5, 0.6) is 5.75 Å². The fourth-order valence-corrected chi connectivity index (χ4v) is 3.71. The highest BCUT2D eigenvalue weighted by atomic mass is 35.5. The molecule has 4 rings (SSSR count). The summed E-state index contributed by atoms with van der Waals surface area (Å²) in [5.74, 6) is 0.968. The van der Waals surface area contributed by atoms with Crippen LogP contribution in [0.3, 0.4) is 0 Å². The molecule has 0 unspecified atom stereocenters. The highest BCUT2D eigenvalue weighted by molar-refractivity contribution is 6.30. The minimum Gasteiger partial charge on any atom is -0.471 e. The monoisotopic (exact) mass is 337 g/mol. The van der Waals surface area contributed by atoms with Crippen LogP contribution in [0.4, 0.5) is 0 Å². The molecule has 0 aromatic heterocycles. The Morgan fingerprint density at radius 3 is 2.75 bits per heavy atom. The zero-order valence-electron chi connectivity index (χ0n) is 13.6. The molecule has 3 aromatic rings. The molecule has 3 heteroatoms. The highest BCUT2D eigenvalue weighted by Gasteiger charge is 2.29. The quantitative estimate of drug-likeness (QED) is 0.631. The van der Waals surface area contributed by atoms with Gasteiger partial charge in [0.25, 0.3) is 0 Å². The second kappa shape index (κ2) is 6.46. The standard InChI is InChI=1S/C21H20ClNO/c1-2-6-18-20-17-10-4-3-7-14(17)11-12-19(20)24-21(23-18)15-8-5-9-16(22)13-15/h3-5,7-13,18,21,23H,2,6H2,1H3/t18-,21-/m1/s1. The van der Waals surface area contributed by atoms with Crippen LogP contribution in [0.1, 0.15) is 43.2 Å². The van der Waals surface area contributed by atoms with E-state index in [-0.39, 0.29) is 12.3 Å². The zero-order valence-corrected chi connectivity index (χ0v) is 14.4. The van der Waals surface area contributed by atoms with Gasteiger partial charge in [-0.15, -0.1) is 0 Å². The normalized spacial score (nSPS) is 19.8. The van der Waals surface area contributed by atoms with Gasteiger partial charge in [0.05, 0.1) is 0 Å². The molecule has 122 valence electrons. The van der Waals surface area contributed by atoms with E-state index in [1.807, 2.05) is 18.2 Å². The molecule has 24 heavy (non-hydrogen) atoms. The lowest BCUT2D eigenvalue weighted by molar-refractivity contribution is 0.122. The van der Waals surface area contributed by atoms with Gasteiger partial charge in [-0.1, -0.05) is 67.4 Å². The SMILES string of the molecule is CCC[C@H]1N[C@@H](c2cccc(Cl)c2)Oc2ccc3ccccc3c21. The number of nitrogens with one attached hydrogen (secondary N) is 1. The van der Waals surface area contributed by atoms with Gasteiger partial charge >= 0.3 is 0 Å². The maximum atomic E-state index is 6.29. The predicted molar refractivity (Wildman–Crippen MR) is 99.6 cm³/mol. The number of benzene rings is 3. The molecule has 1 aliphatic heterocycles. The van der Waals surface area contributed by atoms with Crippen molar-refractivity contribution in [1.82, 2.24) is 5.32 Å². The summed E-state index contributed by atoms with van der Waals surface area (Å²) in [5, 5.41) is 6.92. The molecule has 0 amide bonds. The van der Waals surface area contributed by atoms with Crippen LogP contribution < -0.4 is 10.1 Å². The van der Waals surface area contributed by atoms with Crippen LogP contribution in [0.2, 0.25) is 5.02 Å². The highest BCUT2D eigenvalue weighted by Crippen LogP contribution is 2.41. The summed E-state index contributed by atoms with van der Waals surface area (Å²) in [4.78, 5) is 0. The summed E-state index contributed by atoms with van der Waals surface area (Å²) in [6.45, 7) is 2.22. The summed E-state index contributed by atoms with van der Waals surface area (Å²) >= 11 is 6.16. The van der Waals surface area contributed by atoms with Crippen LogP contribution in [0.25, 0.3) is 10.8 Å². The zero-order chi connectivity index (χ0) is 16.5. The van der Waals surface area contributed by atoms with E-state index in [1.165, 1.54) is 16.3 Å². The molecule has 0 radical (unpaired) electrons. The van der Waals surface area contributed by atoms with Gasteiger partial charge in [0.2, 0.25) is 0 Å². The molecule has 2 nitrogen and oxygen atoms in total. The number of hydrogen-bond donors (Lipinski definition) is 1. The Balaban J connectivity index is 1.81. The van der Waals surface area contributed by atoms with Crippen LogP contribution >= 0.6 is 11.6 Å². The lowest BCUT2D eigenvalue weighted by Gasteiger charge is -2.35. The summed E-state index contributed by atoms with van der Waals surface area (Å²) in [7, 11) is 0. The smallest absolute Gasteiger partial charge is 0.177 e. The molecule has 0 spiro atoms. The van der Waals surface area contributed by atoms with Crippen LogP contribution in [-0.2, 0) is 0 Å². The van der Waals surface area contributed by atoms with E-state index in [0.29, 0.717) is 0 Å². The Labute approximate surface area is 147 Å². The summed E-state index contributed by atoms with van der Waals surface area (Å²) in [6, 6.07) is 20.9. The maximum absolute atomic E-state index is 6.29. The Bertz CT molecular complexity index is 877. The lowest BCUT2D eigenvalue weighted by Crippen LogP contribution is -2.35. The van der Waals surface area contributed by atoms with Crippen molar-refractivity contribution in [3.8, 4) is 5.75 Å². The minimum atomic E-state index is -0.172. The molecule has 3 aromatic carbocycles. The topological polar surface area (TPSA) is 21.3 Å². The van der Waals surface area contributed by atoms with Crippen molar-refractivity contribution < 1.29 is 4.74 Å². The predicted octanol–water partition coefficient (Wildman–Crippen LogP) is 6.02. The second-order valence-corrected chi connectivity index (χ2v) is 6.70. The third kappa shape index (κ3) is 2.77. The fraction of sp³-hybridized carbons (Fsp3) is 0.238. The van der Waals surface area contributed by atoms with Crippen LogP contribution in [0.15, 0.2) is 60.7 Å². The van der Waals surface area contributed by atoms with Crippen molar-refractivity contribution in [3.63, 3.8) is 0 Å². The van der Waals surface area contributed by atoms with E-state index in [4.69, 9.17) is 16.3 Å². The van der Waals surface area contributed by atoms with Gasteiger partial charge in [-0.25, -0.2) is 0 Å². The lowest BCUT2D eigenvalue weighted by atomic mass is 9.93. The van der Waals surface area contributed by atoms with Gasteiger partial charge < -0.3 is 4.74 Å². The molecule has 1 heterocycles. The average molecular weight is 338 g/mol. The molecule has 0 bridgehead atoms. The maximum Gasteiger partial charge on any atom is 0.177 e. The summed E-state index contributed by atoms with van der Waals surface area (Å²) in [5.41, 5.74) is 2.33. The molecule has 2 atom stereocenters. The Kier molecular flexibility index (Phi) is 4.17. The van der Waals surface area contributed by atoms with Gasteiger partial charge in [0.1, 0.15) is 5.75 Å². The third-order valence-electron chi connectivity index (χ3n) is 4.61. The van der Waals surface area contributed by atoms with E-state index < -0.39 is 0 Å². The van der Waals surface area contributed by atoms with Gasteiger partial charge in [-0.3, -0.25) is 5.32 Å². The second-order valence-electron chi connectivity index (χ2n) is 6.26. The van der Waals surface area contributed by atoms with E-state index in [0.717, 1.165) is 29.2 Å². The first kappa shape index (κ1) is 15.5. The Hall–Kier alpha value is -2.03. The van der Waals surface area contributed by atoms with E-state index in [9.17, 15) is 0 Å². The van der Waals surface area contributed by atoms with E-state index in [2.05, 4.69) is 54.7 Å². The fourth-order valence-electron chi connectivity index (χ4n) is 3.52. The third-order valence-corrected chi connectivity index (χ3v) is 4.84. The number of halogens is 1. The van der Waals surface area contributed by atoms with Gasteiger partial charge in [0, 0.05) is 22.2 Å². The number of rotatable bonds is 3. The number of ether oxygens (including phenoxy) is 1. The molecule has 0 saturated heterocycles. The van der Waals surface area contributed by atoms with Gasteiger partial charge in [0.15, 0.2) is 6.23 Å². The van der Waals surface area contributed by atoms with Gasteiger partial charge in [-0.05, 0) is 35.4 Å². The van der Waals surface area contributed by atoms with Crippen molar-refractivity contribution in [1.29, 1.82) is 0 Å². The van der Waals surface area contributed by atoms with E-state index >= 15 is 0 Å². The average Bonchev–Trinajstić information content (AvgIpc) is 2.61. The van der Waals surface area contributed by atoms with Gasteiger partial charge in [-0.2, -0.15) is 0 Å². The molecule has 1 N–H and O–H groups in total. The van der Waals surface area contributed by atoms with Crippen molar-refractivity contribution in [2.24, 2.45) is 0 Å². The molecular formula is C21H20ClNO. The van der Waals surface area contributed by atoms with E-state index in [1.54, 1.807) is 0 Å². The molecule has 0 fully saturated rings.